The maximum atomic E-state index is 8.64. The Hall–Kier alpha value is -1.59. The highest BCUT2D eigenvalue weighted by molar-refractivity contribution is 5.80. The molecule has 5 nitrogen and oxygen atoms in total. The lowest BCUT2D eigenvalue weighted by Crippen LogP contribution is -2.28. The second kappa shape index (κ2) is 6.72. The number of nitrogens with one attached hydrogen (secondary N) is 1. The molecule has 1 aromatic carbocycles. The van der Waals surface area contributed by atoms with Gasteiger partial charge in [-0.15, -0.1) is 0 Å². The van der Waals surface area contributed by atoms with Gasteiger partial charge in [-0.05, 0) is 29.4 Å². The Balaban J connectivity index is 1.80. The van der Waals surface area contributed by atoms with Crippen molar-refractivity contribution in [3.05, 3.63) is 35.4 Å². The van der Waals surface area contributed by atoms with E-state index in [0.29, 0.717) is 18.9 Å². The summed E-state index contributed by atoms with van der Waals surface area (Å²) in [4.78, 5) is 0. The lowest BCUT2D eigenvalue weighted by Gasteiger charge is -2.15. The van der Waals surface area contributed by atoms with Gasteiger partial charge in [-0.25, -0.2) is 0 Å². The van der Waals surface area contributed by atoms with Crippen LogP contribution in [0.4, 0.5) is 0 Å². The Labute approximate surface area is 119 Å². The van der Waals surface area contributed by atoms with Gasteiger partial charge in [0.2, 0.25) is 0 Å². The Kier molecular flexibility index (Phi) is 4.98. The highest BCUT2D eigenvalue weighted by atomic mass is 16.5. The van der Waals surface area contributed by atoms with Crippen molar-refractivity contribution in [2.24, 2.45) is 16.3 Å². The molecule has 0 unspecified atom stereocenters. The van der Waals surface area contributed by atoms with E-state index in [4.69, 9.17) is 15.7 Å². The quantitative estimate of drug-likeness (QED) is 0.293. The highest BCUT2D eigenvalue weighted by Gasteiger charge is 2.42. The second-order valence-electron chi connectivity index (χ2n) is 5.62. The molecule has 0 aromatic heterocycles. The molecule has 1 saturated carbocycles. The van der Waals surface area contributed by atoms with E-state index < -0.39 is 0 Å². The summed E-state index contributed by atoms with van der Waals surface area (Å²) < 4.78 is 5.14. The first-order valence-corrected chi connectivity index (χ1v) is 6.91. The first-order chi connectivity index (χ1) is 9.67. The Bertz CT molecular complexity index is 470. The maximum Gasteiger partial charge on any atom is 0.139 e. The molecule has 0 atom stereocenters. The van der Waals surface area contributed by atoms with Crippen molar-refractivity contribution in [1.82, 2.24) is 5.32 Å². The summed E-state index contributed by atoms with van der Waals surface area (Å²) in [6, 6.07) is 8.37. The predicted molar refractivity (Wildman–Crippen MR) is 78.6 cm³/mol. The van der Waals surface area contributed by atoms with E-state index >= 15 is 0 Å². The van der Waals surface area contributed by atoms with Crippen molar-refractivity contribution < 1.29 is 9.94 Å². The van der Waals surface area contributed by atoms with E-state index in [9.17, 15) is 0 Å². The smallest absolute Gasteiger partial charge is 0.139 e. The average Bonchev–Trinajstić information content (AvgIpc) is 3.19. The fraction of sp³-hybridized carbons (Fsp3) is 0.533. The number of rotatable bonds is 8. The van der Waals surface area contributed by atoms with Crippen LogP contribution < -0.4 is 11.1 Å². The zero-order valence-electron chi connectivity index (χ0n) is 11.9. The minimum atomic E-state index is 0.195. The van der Waals surface area contributed by atoms with Crippen molar-refractivity contribution in [3.63, 3.8) is 0 Å². The SMILES string of the molecule is COCc1cccc(CNCC2(CC(N)=NO)CC2)c1. The van der Waals surface area contributed by atoms with Crippen molar-refractivity contribution >= 4 is 5.84 Å². The molecule has 0 aliphatic heterocycles. The van der Waals surface area contributed by atoms with Crippen molar-refractivity contribution in [1.29, 1.82) is 0 Å². The Morgan fingerprint density at radius 3 is 2.85 bits per heavy atom. The largest absolute Gasteiger partial charge is 0.409 e. The normalized spacial score (nSPS) is 17.1. The molecule has 0 saturated heterocycles. The number of oxime groups is 1. The van der Waals surface area contributed by atoms with Crippen molar-refractivity contribution in [2.75, 3.05) is 13.7 Å². The molecular weight excluding hydrogens is 254 g/mol. The molecule has 0 radical (unpaired) electrons. The Morgan fingerprint density at radius 1 is 1.45 bits per heavy atom. The van der Waals surface area contributed by atoms with Gasteiger partial charge < -0.3 is 21.0 Å². The number of nitrogens with two attached hydrogens (primary N) is 1. The zero-order chi connectivity index (χ0) is 14.4. The second-order valence-corrected chi connectivity index (χ2v) is 5.62. The van der Waals surface area contributed by atoms with E-state index in [1.807, 2.05) is 0 Å². The lowest BCUT2D eigenvalue weighted by molar-refractivity contribution is 0.185. The van der Waals surface area contributed by atoms with Crippen LogP contribution in [-0.4, -0.2) is 24.7 Å². The molecule has 0 bridgehead atoms. The molecule has 20 heavy (non-hydrogen) atoms. The fourth-order valence-corrected chi connectivity index (χ4v) is 2.48. The number of hydrogen-bond acceptors (Lipinski definition) is 4. The zero-order valence-corrected chi connectivity index (χ0v) is 11.9. The van der Waals surface area contributed by atoms with Gasteiger partial charge in [0.05, 0.1) is 6.61 Å². The third kappa shape index (κ3) is 4.21. The molecule has 0 heterocycles. The van der Waals surface area contributed by atoms with Crippen LogP contribution in [0.3, 0.4) is 0 Å². The van der Waals surface area contributed by atoms with Crippen LogP contribution in [0.25, 0.3) is 0 Å². The van der Waals surface area contributed by atoms with E-state index in [1.165, 1.54) is 11.1 Å². The molecule has 5 heteroatoms. The van der Waals surface area contributed by atoms with Gasteiger partial charge in [0, 0.05) is 26.6 Å². The predicted octanol–water partition coefficient (Wildman–Crippen LogP) is 1.84. The lowest BCUT2D eigenvalue weighted by atomic mass is 10.0. The molecule has 4 N–H and O–H groups in total. The topological polar surface area (TPSA) is 79.9 Å². The molecule has 0 spiro atoms. The summed E-state index contributed by atoms with van der Waals surface area (Å²) in [5.41, 5.74) is 8.22. The van der Waals surface area contributed by atoms with E-state index in [2.05, 4.69) is 34.7 Å². The van der Waals surface area contributed by atoms with Gasteiger partial charge in [0.25, 0.3) is 0 Å². The fourth-order valence-electron chi connectivity index (χ4n) is 2.48. The van der Waals surface area contributed by atoms with Crippen LogP contribution in [-0.2, 0) is 17.9 Å². The number of ether oxygens (including phenoxy) is 1. The van der Waals surface area contributed by atoms with Gasteiger partial charge >= 0.3 is 0 Å². The van der Waals surface area contributed by atoms with Gasteiger partial charge in [0.1, 0.15) is 5.84 Å². The van der Waals surface area contributed by atoms with Crippen LogP contribution in [0.2, 0.25) is 0 Å². The van der Waals surface area contributed by atoms with Gasteiger partial charge in [-0.3, -0.25) is 0 Å². The van der Waals surface area contributed by atoms with E-state index in [1.54, 1.807) is 7.11 Å². The molecule has 0 amide bonds. The number of nitrogens with zero attached hydrogens (tertiary/aromatic N) is 1. The molecule has 1 aromatic rings. The molecule has 1 fully saturated rings. The molecule has 2 rings (SSSR count). The first-order valence-electron chi connectivity index (χ1n) is 6.91. The van der Waals surface area contributed by atoms with Crippen molar-refractivity contribution in [2.45, 2.75) is 32.4 Å². The number of methoxy groups -OCH3 is 1. The van der Waals surface area contributed by atoms with Crippen LogP contribution in [0, 0.1) is 5.41 Å². The first kappa shape index (κ1) is 14.8. The average molecular weight is 277 g/mol. The number of benzene rings is 1. The van der Waals surface area contributed by atoms with E-state index in [-0.39, 0.29) is 5.41 Å². The standard InChI is InChI=1S/C15H23N3O2/c1-20-10-13-4-2-3-12(7-13)9-17-11-15(5-6-15)8-14(16)18-19/h2-4,7,17,19H,5-6,8-11H2,1H3,(H2,16,18). The summed E-state index contributed by atoms with van der Waals surface area (Å²) in [6.45, 7) is 2.37. The van der Waals surface area contributed by atoms with Crippen LogP contribution in [0.15, 0.2) is 29.4 Å². The minimum absolute atomic E-state index is 0.195. The third-order valence-corrected chi connectivity index (χ3v) is 3.77. The molecule has 110 valence electrons. The summed E-state index contributed by atoms with van der Waals surface area (Å²) in [7, 11) is 1.70. The summed E-state index contributed by atoms with van der Waals surface area (Å²) in [5.74, 6) is 0.325. The van der Waals surface area contributed by atoms with Crippen LogP contribution >= 0.6 is 0 Å². The summed E-state index contributed by atoms with van der Waals surface area (Å²) >= 11 is 0. The molecule has 1 aliphatic rings. The third-order valence-electron chi connectivity index (χ3n) is 3.77. The number of amidine groups is 1. The monoisotopic (exact) mass is 277 g/mol. The minimum Gasteiger partial charge on any atom is -0.409 e. The molecule has 1 aliphatic carbocycles. The summed E-state index contributed by atoms with van der Waals surface area (Å²) in [6.07, 6.45) is 2.94. The van der Waals surface area contributed by atoms with Crippen LogP contribution in [0.5, 0.6) is 0 Å². The molecular formula is C15H23N3O2. The van der Waals surface area contributed by atoms with Gasteiger partial charge in [-0.1, -0.05) is 29.4 Å². The van der Waals surface area contributed by atoms with Gasteiger partial charge in [0.15, 0.2) is 0 Å². The highest BCUT2D eigenvalue weighted by Crippen LogP contribution is 2.48. The maximum absolute atomic E-state index is 8.64. The summed E-state index contributed by atoms with van der Waals surface area (Å²) in [5, 5.41) is 15.2. The van der Waals surface area contributed by atoms with E-state index in [0.717, 1.165) is 25.9 Å². The van der Waals surface area contributed by atoms with Gasteiger partial charge in [-0.2, -0.15) is 0 Å². The van der Waals surface area contributed by atoms with Crippen LogP contribution in [0.1, 0.15) is 30.4 Å². The number of hydrogen-bond donors (Lipinski definition) is 3. The Morgan fingerprint density at radius 2 is 2.20 bits per heavy atom. The van der Waals surface area contributed by atoms with Crippen molar-refractivity contribution in [3.8, 4) is 0 Å².